The second-order valence-corrected chi connectivity index (χ2v) is 10.1. The maximum absolute atomic E-state index is 12.8. The number of halogens is 6. The number of carbonyl (C=O) groups is 2. The van der Waals surface area contributed by atoms with Gasteiger partial charge in [-0.15, -0.1) is 0 Å². The Morgan fingerprint density at radius 3 is 2.16 bits per heavy atom. The number of likely N-dealkylation sites (tertiary alicyclic amines) is 2. The van der Waals surface area contributed by atoms with E-state index in [2.05, 4.69) is 9.64 Å². The van der Waals surface area contributed by atoms with Gasteiger partial charge >= 0.3 is 24.4 Å². The first-order chi connectivity index (χ1) is 17.2. The van der Waals surface area contributed by atoms with Gasteiger partial charge in [0.1, 0.15) is 5.75 Å². The summed E-state index contributed by atoms with van der Waals surface area (Å²) < 4.78 is 86.5. The molecule has 0 bridgehead atoms. The molecule has 1 aromatic rings. The summed E-state index contributed by atoms with van der Waals surface area (Å²) in [5, 5.41) is 9.52. The standard InChI is InChI=1S/C24H28F6N2O5/c1-15-3-4-16(17(13-15)37-22(6-7-22)19(33)34)14-32-10-2-5-21(32)8-11-31(12-9-21)20(35)36-18(23(25,26)27)24(28,29)30/h3-4,13,18H,2,5-12,14H2,1H3,(H,33,34). The lowest BCUT2D eigenvalue weighted by Gasteiger charge is -2.45. The van der Waals surface area contributed by atoms with Crippen molar-refractivity contribution < 1.29 is 50.5 Å². The highest BCUT2D eigenvalue weighted by atomic mass is 19.4. The van der Waals surface area contributed by atoms with Crippen molar-refractivity contribution in [3.05, 3.63) is 29.3 Å². The molecule has 13 heteroatoms. The zero-order valence-electron chi connectivity index (χ0n) is 20.1. The van der Waals surface area contributed by atoms with Gasteiger partial charge in [0.2, 0.25) is 5.60 Å². The molecule has 1 aliphatic carbocycles. The van der Waals surface area contributed by atoms with E-state index in [4.69, 9.17) is 4.74 Å². The molecule has 1 aromatic carbocycles. The van der Waals surface area contributed by atoms with Crippen molar-refractivity contribution in [2.75, 3.05) is 19.6 Å². The van der Waals surface area contributed by atoms with E-state index >= 15 is 0 Å². The minimum Gasteiger partial charge on any atom is -0.478 e. The predicted molar refractivity (Wildman–Crippen MR) is 117 cm³/mol. The van der Waals surface area contributed by atoms with Gasteiger partial charge in [-0.2, -0.15) is 26.3 Å². The number of piperidine rings is 1. The molecule has 3 fully saturated rings. The minimum absolute atomic E-state index is 0.0445. The van der Waals surface area contributed by atoms with Crippen molar-refractivity contribution in [3.63, 3.8) is 0 Å². The molecule has 0 radical (unpaired) electrons. The average molecular weight is 538 g/mol. The third-order valence-corrected chi connectivity index (χ3v) is 7.49. The van der Waals surface area contributed by atoms with Crippen molar-refractivity contribution in [2.45, 2.75) is 81.6 Å². The Bertz CT molecular complexity index is 1020. The first-order valence-electron chi connectivity index (χ1n) is 12.0. The molecule has 2 aliphatic heterocycles. The second-order valence-electron chi connectivity index (χ2n) is 10.1. The highest BCUT2D eigenvalue weighted by Crippen LogP contribution is 2.44. The van der Waals surface area contributed by atoms with Crippen LogP contribution in [-0.4, -0.2) is 76.2 Å². The molecule has 37 heavy (non-hydrogen) atoms. The number of aliphatic carboxylic acids is 1. The summed E-state index contributed by atoms with van der Waals surface area (Å²) in [7, 11) is 0. The lowest BCUT2D eigenvalue weighted by atomic mass is 9.85. The average Bonchev–Trinajstić information content (AvgIpc) is 3.49. The Morgan fingerprint density at radius 2 is 1.62 bits per heavy atom. The van der Waals surface area contributed by atoms with Gasteiger partial charge in [0.05, 0.1) is 0 Å². The summed E-state index contributed by atoms with van der Waals surface area (Å²) >= 11 is 0. The topological polar surface area (TPSA) is 79.3 Å². The molecule has 1 amide bonds. The van der Waals surface area contributed by atoms with Crippen molar-refractivity contribution in [1.82, 2.24) is 9.80 Å². The lowest BCUT2D eigenvalue weighted by Crippen LogP contribution is -2.54. The van der Waals surface area contributed by atoms with Crippen LogP contribution in [0.4, 0.5) is 31.1 Å². The summed E-state index contributed by atoms with van der Waals surface area (Å²) in [6.45, 7) is 2.91. The van der Waals surface area contributed by atoms with Gasteiger partial charge in [-0.3, -0.25) is 4.90 Å². The molecular formula is C24H28F6N2O5. The lowest BCUT2D eigenvalue weighted by molar-refractivity contribution is -0.308. The molecule has 3 aliphatic rings. The Hall–Kier alpha value is -2.70. The third-order valence-electron chi connectivity index (χ3n) is 7.49. The number of carboxylic acids is 1. The van der Waals surface area contributed by atoms with Gasteiger partial charge in [-0.25, -0.2) is 9.59 Å². The maximum Gasteiger partial charge on any atom is 0.434 e. The van der Waals surface area contributed by atoms with Crippen molar-refractivity contribution in [2.24, 2.45) is 0 Å². The molecule has 206 valence electrons. The molecule has 2 heterocycles. The number of aryl methyl sites for hydroxylation is 1. The number of nitrogens with zero attached hydrogens (tertiary/aromatic N) is 2. The molecule has 0 unspecified atom stereocenters. The summed E-state index contributed by atoms with van der Waals surface area (Å²) in [6, 6.07) is 5.55. The maximum atomic E-state index is 12.8. The van der Waals surface area contributed by atoms with E-state index in [1.54, 1.807) is 6.07 Å². The molecule has 1 N–H and O–H groups in total. The normalized spacial score (nSPS) is 21.4. The summed E-state index contributed by atoms with van der Waals surface area (Å²) in [5.41, 5.74) is 0.0799. The SMILES string of the molecule is Cc1ccc(CN2CCCC23CCN(C(=O)OC(C(F)(F)F)C(F)(F)F)CC3)c(OC2(C(=O)O)CC2)c1. The highest BCUT2D eigenvalue weighted by Gasteiger charge is 2.60. The number of amides is 1. The minimum atomic E-state index is -5.76. The van der Waals surface area contributed by atoms with Crippen LogP contribution in [0.1, 0.15) is 49.7 Å². The van der Waals surface area contributed by atoms with Gasteiger partial charge in [0, 0.05) is 43.6 Å². The van der Waals surface area contributed by atoms with Crippen molar-refractivity contribution in [1.29, 1.82) is 0 Å². The number of carbonyl (C=O) groups excluding carboxylic acids is 1. The molecule has 7 nitrogen and oxygen atoms in total. The number of ether oxygens (including phenoxy) is 2. The van der Waals surface area contributed by atoms with E-state index in [1.807, 2.05) is 19.1 Å². The smallest absolute Gasteiger partial charge is 0.434 e. The second kappa shape index (κ2) is 9.55. The fourth-order valence-electron chi connectivity index (χ4n) is 5.18. The van der Waals surface area contributed by atoms with Crippen LogP contribution in [0.15, 0.2) is 18.2 Å². The van der Waals surface area contributed by atoms with Crippen LogP contribution in [0.3, 0.4) is 0 Å². The molecule has 1 saturated carbocycles. The van der Waals surface area contributed by atoms with Crippen LogP contribution in [0.2, 0.25) is 0 Å². The summed E-state index contributed by atoms with van der Waals surface area (Å²) in [5.74, 6) is -0.538. The zero-order valence-corrected chi connectivity index (χ0v) is 20.1. The Morgan fingerprint density at radius 1 is 1.00 bits per heavy atom. The quantitative estimate of drug-likeness (QED) is 0.511. The molecule has 0 atom stereocenters. The van der Waals surface area contributed by atoms with Crippen molar-refractivity contribution in [3.8, 4) is 5.75 Å². The molecular weight excluding hydrogens is 510 g/mol. The van der Waals surface area contributed by atoms with Gasteiger partial charge in [-0.1, -0.05) is 12.1 Å². The van der Waals surface area contributed by atoms with E-state index in [9.17, 15) is 41.0 Å². The Balaban J connectivity index is 1.43. The number of hydrogen-bond acceptors (Lipinski definition) is 5. The van der Waals surface area contributed by atoms with Crippen LogP contribution >= 0.6 is 0 Å². The van der Waals surface area contributed by atoms with Crippen LogP contribution in [0.5, 0.6) is 5.75 Å². The van der Waals surface area contributed by atoms with E-state index in [0.29, 0.717) is 44.5 Å². The third kappa shape index (κ3) is 5.75. The highest BCUT2D eigenvalue weighted by molar-refractivity contribution is 5.81. The zero-order chi connectivity index (χ0) is 27.2. The number of alkyl halides is 6. The Kier molecular flexibility index (Phi) is 7.06. The largest absolute Gasteiger partial charge is 0.478 e. The molecule has 0 aromatic heterocycles. The van der Waals surface area contributed by atoms with Crippen LogP contribution < -0.4 is 4.74 Å². The van der Waals surface area contributed by atoms with Gasteiger partial charge in [-0.05, 0) is 50.8 Å². The fourth-order valence-corrected chi connectivity index (χ4v) is 5.18. The van der Waals surface area contributed by atoms with E-state index in [0.717, 1.165) is 28.9 Å². The number of hydrogen-bond donors (Lipinski definition) is 1. The van der Waals surface area contributed by atoms with E-state index in [-0.39, 0.29) is 13.1 Å². The summed E-state index contributed by atoms with van der Waals surface area (Å²) in [6.07, 6.45) is -14.2. The van der Waals surface area contributed by atoms with E-state index < -0.39 is 41.7 Å². The van der Waals surface area contributed by atoms with Crippen LogP contribution in [0, 0.1) is 6.92 Å². The van der Waals surface area contributed by atoms with Crippen LogP contribution in [0.25, 0.3) is 0 Å². The van der Waals surface area contributed by atoms with Gasteiger partial charge in [0.25, 0.3) is 6.10 Å². The molecule has 4 rings (SSSR count). The number of carboxylic acid groups (broad SMARTS) is 1. The number of benzene rings is 1. The monoisotopic (exact) mass is 538 g/mol. The van der Waals surface area contributed by atoms with Gasteiger partial charge < -0.3 is 19.5 Å². The first-order valence-corrected chi connectivity index (χ1v) is 12.0. The predicted octanol–water partition coefficient (Wildman–Crippen LogP) is 5.05. The van der Waals surface area contributed by atoms with Crippen LogP contribution in [-0.2, 0) is 16.1 Å². The van der Waals surface area contributed by atoms with Crippen molar-refractivity contribution >= 4 is 12.1 Å². The number of rotatable bonds is 6. The van der Waals surface area contributed by atoms with Gasteiger partial charge in [0.15, 0.2) is 0 Å². The molecule has 1 spiro atoms. The Labute approximate surface area is 209 Å². The first kappa shape index (κ1) is 27.3. The van der Waals surface area contributed by atoms with E-state index in [1.165, 1.54) is 0 Å². The fraction of sp³-hybridized carbons (Fsp3) is 0.667. The summed E-state index contributed by atoms with van der Waals surface area (Å²) in [4.78, 5) is 26.9. The molecule has 2 saturated heterocycles.